The summed E-state index contributed by atoms with van der Waals surface area (Å²) in [6.07, 6.45) is 0. The maximum atomic E-state index is 11.2. The highest BCUT2D eigenvalue weighted by Gasteiger charge is 2.21. The fourth-order valence-corrected chi connectivity index (χ4v) is 2.17. The van der Waals surface area contributed by atoms with Gasteiger partial charge >= 0.3 is 11.9 Å². The van der Waals surface area contributed by atoms with Crippen molar-refractivity contribution in [3.63, 3.8) is 0 Å². The Morgan fingerprint density at radius 1 is 1.35 bits per heavy atom. The minimum absolute atomic E-state index is 0.0414. The molecule has 4 nitrogen and oxygen atoms in total. The number of carboxylic acids is 1. The van der Waals surface area contributed by atoms with Crippen LogP contribution in [0.4, 0.5) is 0 Å². The van der Waals surface area contributed by atoms with Crippen molar-refractivity contribution in [2.24, 2.45) is 0 Å². The molecular weight excluding hydrogens is 240 g/mol. The molecule has 0 saturated carbocycles. The van der Waals surface area contributed by atoms with Crippen LogP contribution in [-0.2, 0) is 14.3 Å². The summed E-state index contributed by atoms with van der Waals surface area (Å²) in [6, 6.07) is 8.83. The quantitative estimate of drug-likeness (QED) is 0.788. The Bertz CT molecular complexity index is 377. The van der Waals surface area contributed by atoms with Crippen LogP contribution in [0.15, 0.2) is 30.3 Å². The molecule has 17 heavy (non-hydrogen) atoms. The molecule has 1 atom stereocenters. The second-order valence-electron chi connectivity index (χ2n) is 3.24. The Kier molecular flexibility index (Phi) is 5.56. The van der Waals surface area contributed by atoms with Gasteiger partial charge in [-0.1, -0.05) is 30.3 Å². The number of rotatable bonds is 6. The smallest absolute Gasteiger partial charge is 0.321 e. The molecule has 0 saturated heterocycles. The lowest BCUT2D eigenvalue weighted by atomic mass is 10.1. The molecule has 1 aromatic carbocycles. The van der Waals surface area contributed by atoms with Crippen LogP contribution in [0, 0.1) is 0 Å². The van der Waals surface area contributed by atoms with E-state index in [-0.39, 0.29) is 11.7 Å². The predicted molar refractivity (Wildman–Crippen MR) is 65.9 cm³/mol. The fraction of sp³-hybridized carbons (Fsp3) is 0.333. The van der Waals surface area contributed by atoms with Gasteiger partial charge in [-0.05, 0) is 12.5 Å². The number of benzene rings is 1. The number of hydrogen-bond donors (Lipinski definition) is 1. The molecular formula is C12H14O4S. The SMILES string of the molecule is CCOC(=O)CSC(C(=O)O)c1ccccc1. The van der Waals surface area contributed by atoms with Crippen molar-refractivity contribution in [1.29, 1.82) is 0 Å². The van der Waals surface area contributed by atoms with Crippen molar-refractivity contribution < 1.29 is 19.4 Å². The summed E-state index contributed by atoms with van der Waals surface area (Å²) < 4.78 is 4.76. The van der Waals surface area contributed by atoms with Gasteiger partial charge in [-0.25, -0.2) is 0 Å². The lowest BCUT2D eigenvalue weighted by Gasteiger charge is -2.11. The summed E-state index contributed by atoms with van der Waals surface area (Å²) in [5.41, 5.74) is 0.675. The van der Waals surface area contributed by atoms with Crippen molar-refractivity contribution in [2.45, 2.75) is 12.2 Å². The van der Waals surface area contributed by atoms with Gasteiger partial charge in [0.2, 0.25) is 0 Å². The number of hydrogen-bond acceptors (Lipinski definition) is 4. The van der Waals surface area contributed by atoms with E-state index in [1.54, 1.807) is 31.2 Å². The summed E-state index contributed by atoms with van der Waals surface area (Å²) in [7, 11) is 0. The highest BCUT2D eigenvalue weighted by atomic mass is 32.2. The first-order chi connectivity index (χ1) is 8.15. The van der Waals surface area contributed by atoms with Crippen LogP contribution < -0.4 is 0 Å². The molecule has 1 aromatic rings. The summed E-state index contributed by atoms with van der Waals surface area (Å²) >= 11 is 1.06. The van der Waals surface area contributed by atoms with Crippen LogP contribution in [0.3, 0.4) is 0 Å². The molecule has 1 unspecified atom stereocenters. The van der Waals surface area contributed by atoms with Crippen molar-refractivity contribution in [1.82, 2.24) is 0 Å². The zero-order valence-electron chi connectivity index (χ0n) is 9.46. The topological polar surface area (TPSA) is 63.6 Å². The van der Waals surface area contributed by atoms with Crippen LogP contribution in [0.5, 0.6) is 0 Å². The molecule has 0 bridgehead atoms. The van der Waals surface area contributed by atoms with Gasteiger partial charge in [0.05, 0.1) is 12.4 Å². The summed E-state index contributed by atoms with van der Waals surface area (Å²) in [4.78, 5) is 22.3. The van der Waals surface area contributed by atoms with Gasteiger partial charge in [0.25, 0.3) is 0 Å². The molecule has 0 amide bonds. The summed E-state index contributed by atoms with van der Waals surface area (Å²) in [5.74, 6) is -1.30. The standard InChI is InChI=1S/C12H14O4S/c1-2-16-10(13)8-17-11(12(14)15)9-6-4-3-5-7-9/h3-7,11H,2,8H2,1H3,(H,14,15). The Morgan fingerprint density at radius 2 is 2.00 bits per heavy atom. The molecule has 0 aromatic heterocycles. The molecule has 0 spiro atoms. The third kappa shape index (κ3) is 4.48. The van der Waals surface area contributed by atoms with Crippen molar-refractivity contribution >= 4 is 23.7 Å². The minimum atomic E-state index is -0.953. The van der Waals surface area contributed by atoms with E-state index in [1.165, 1.54) is 0 Å². The molecule has 0 aliphatic rings. The van der Waals surface area contributed by atoms with Gasteiger partial charge in [0.15, 0.2) is 0 Å². The van der Waals surface area contributed by atoms with E-state index in [9.17, 15) is 9.59 Å². The molecule has 5 heteroatoms. The number of carbonyl (C=O) groups is 2. The maximum absolute atomic E-state index is 11.2. The number of carboxylic acid groups (broad SMARTS) is 1. The van der Waals surface area contributed by atoms with Gasteiger partial charge < -0.3 is 9.84 Å². The Balaban J connectivity index is 2.62. The van der Waals surface area contributed by atoms with Crippen LogP contribution >= 0.6 is 11.8 Å². The fourth-order valence-electron chi connectivity index (χ4n) is 1.29. The maximum Gasteiger partial charge on any atom is 0.321 e. The number of carbonyl (C=O) groups excluding carboxylic acids is 1. The van der Waals surface area contributed by atoms with Crippen molar-refractivity contribution in [2.75, 3.05) is 12.4 Å². The molecule has 0 aliphatic heterocycles. The normalized spacial score (nSPS) is 11.8. The highest BCUT2D eigenvalue weighted by molar-refractivity contribution is 8.00. The molecule has 0 aliphatic carbocycles. The van der Waals surface area contributed by atoms with Crippen LogP contribution in [-0.4, -0.2) is 29.4 Å². The first kappa shape index (κ1) is 13.6. The van der Waals surface area contributed by atoms with E-state index in [4.69, 9.17) is 9.84 Å². The third-order valence-electron chi connectivity index (χ3n) is 2.00. The monoisotopic (exact) mass is 254 g/mol. The second-order valence-corrected chi connectivity index (χ2v) is 4.34. The summed E-state index contributed by atoms with van der Waals surface area (Å²) in [5, 5.41) is 8.36. The van der Waals surface area contributed by atoms with Gasteiger partial charge in [0, 0.05) is 0 Å². The van der Waals surface area contributed by atoms with E-state index in [1.807, 2.05) is 6.07 Å². The van der Waals surface area contributed by atoms with Gasteiger partial charge in [0.1, 0.15) is 5.25 Å². The number of thioether (sulfide) groups is 1. The van der Waals surface area contributed by atoms with Gasteiger partial charge in [-0.15, -0.1) is 11.8 Å². The van der Waals surface area contributed by atoms with Crippen molar-refractivity contribution in [3.8, 4) is 0 Å². The Labute approximate surface area is 104 Å². The van der Waals surface area contributed by atoms with E-state index in [0.29, 0.717) is 12.2 Å². The molecule has 1 rings (SSSR count). The number of aliphatic carboxylic acids is 1. The molecule has 0 heterocycles. The van der Waals surface area contributed by atoms with E-state index in [2.05, 4.69) is 0 Å². The lowest BCUT2D eigenvalue weighted by molar-refractivity contribution is -0.139. The Hall–Kier alpha value is -1.49. The van der Waals surface area contributed by atoms with E-state index >= 15 is 0 Å². The highest BCUT2D eigenvalue weighted by Crippen LogP contribution is 2.28. The van der Waals surface area contributed by atoms with Gasteiger partial charge in [-0.3, -0.25) is 9.59 Å². The largest absolute Gasteiger partial charge is 0.480 e. The first-order valence-electron chi connectivity index (χ1n) is 5.20. The first-order valence-corrected chi connectivity index (χ1v) is 6.25. The average Bonchev–Trinajstić information content (AvgIpc) is 2.30. The Morgan fingerprint density at radius 3 is 2.53 bits per heavy atom. The van der Waals surface area contributed by atoms with Crippen molar-refractivity contribution in [3.05, 3.63) is 35.9 Å². The number of ether oxygens (including phenoxy) is 1. The molecule has 92 valence electrons. The summed E-state index contributed by atoms with van der Waals surface area (Å²) in [6.45, 7) is 2.02. The second kappa shape index (κ2) is 6.96. The zero-order chi connectivity index (χ0) is 12.7. The third-order valence-corrected chi connectivity index (χ3v) is 3.21. The average molecular weight is 254 g/mol. The molecule has 0 fully saturated rings. The number of esters is 1. The van der Waals surface area contributed by atoms with Crippen LogP contribution in [0.25, 0.3) is 0 Å². The lowest BCUT2D eigenvalue weighted by Crippen LogP contribution is -2.13. The predicted octanol–water partition coefficient (Wildman–Crippen LogP) is 2.11. The zero-order valence-corrected chi connectivity index (χ0v) is 10.3. The minimum Gasteiger partial charge on any atom is -0.480 e. The van der Waals surface area contributed by atoms with Crippen LogP contribution in [0.2, 0.25) is 0 Å². The van der Waals surface area contributed by atoms with E-state index < -0.39 is 11.2 Å². The molecule has 0 radical (unpaired) electrons. The van der Waals surface area contributed by atoms with Crippen LogP contribution in [0.1, 0.15) is 17.7 Å². The molecule has 1 N–H and O–H groups in total. The van der Waals surface area contributed by atoms with Gasteiger partial charge in [-0.2, -0.15) is 0 Å². The van der Waals surface area contributed by atoms with E-state index in [0.717, 1.165) is 11.8 Å².